The normalized spacial score (nSPS) is 14.2. The minimum atomic E-state index is -7.36. The topological polar surface area (TPSA) is 217 Å². The molecule has 0 fully saturated rings. The molecule has 0 amide bonds. The van der Waals surface area contributed by atoms with E-state index >= 15 is 0 Å². The third-order valence-electron chi connectivity index (χ3n) is 7.15. The van der Waals surface area contributed by atoms with Crippen molar-refractivity contribution in [3.05, 3.63) is 53.6 Å². The van der Waals surface area contributed by atoms with Crippen LogP contribution in [0.4, 0.5) is 65.9 Å². The molecule has 0 unspecified atom stereocenters. The van der Waals surface area contributed by atoms with Crippen LogP contribution in [0.5, 0.6) is 28.7 Å². The Kier molecular flexibility index (Phi) is 12.1. The minimum Gasteiger partial charge on any atom is -0.375 e. The fraction of sp³-hybridized carbons (Fsp3) is 0.259. The highest BCUT2D eigenvalue weighted by atomic mass is 32.2. The molecule has 4 aromatic carbocycles. The van der Waals surface area contributed by atoms with Crippen molar-refractivity contribution in [3.63, 3.8) is 0 Å². The maximum Gasteiger partial charge on any atom is 0.534 e. The number of hydrogen-bond donors (Lipinski definition) is 0. The molecule has 0 atom stereocenters. The molecule has 4 rings (SSSR count). The molecule has 346 valence electrons. The average Bonchev–Trinajstić information content (AvgIpc) is 3.02. The molecule has 0 aliphatic heterocycles. The van der Waals surface area contributed by atoms with Crippen LogP contribution in [-0.2, 0) is 50.6 Å². The summed E-state index contributed by atoms with van der Waals surface area (Å²) < 4.78 is 346. The maximum atomic E-state index is 13.8. The fourth-order valence-corrected chi connectivity index (χ4v) is 7.07. The Labute approximate surface area is 335 Å². The summed E-state index contributed by atoms with van der Waals surface area (Å²) in [6.07, 6.45) is 0. The highest BCUT2D eigenvalue weighted by Gasteiger charge is 2.54. The van der Waals surface area contributed by atoms with E-state index in [4.69, 9.17) is 0 Å². The van der Waals surface area contributed by atoms with Crippen molar-refractivity contribution in [1.29, 1.82) is 0 Å². The summed E-state index contributed by atoms with van der Waals surface area (Å²) in [7, 11) is -36.0. The van der Waals surface area contributed by atoms with E-state index < -0.39 is 157 Å². The minimum absolute atomic E-state index is 0.0994. The second-order valence-electron chi connectivity index (χ2n) is 11.6. The molecule has 0 spiro atoms. The lowest BCUT2D eigenvalue weighted by molar-refractivity contribution is -0.0507. The van der Waals surface area contributed by atoms with E-state index in [1.807, 2.05) is 0 Å². The summed E-state index contributed by atoms with van der Waals surface area (Å²) >= 11 is 0. The summed E-state index contributed by atoms with van der Waals surface area (Å²) in [5.41, 5.74) is -37.7. The molecule has 0 N–H and O–H groups in total. The summed E-state index contributed by atoms with van der Waals surface area (Å²) in [5, 5.41) is -6.18. The van der Waals surface area contributed by atoms with Crippen molar-refractivity contribution >= 4 is 72.1 Å². The number of aryl methyl sites for hydroxylation is 2. The SMILES string of the molecule is Cc1ccc2c(OS(=O)(=O)C(F)(F)F)cc(OS(=O)(=O)C(F)(F)F)c(-c3c(OS(=O)(=O)C(F)(F)F)cc(OS(=O)(=O)C(F)(F)F)c4c(OS(=O)(=O)C(F)(F)F)cc(C)cc34)c2c1. The van der Waals surface area contributed by atoms with Crippen molar-refractivity contribution in [2.45, 2.75) is 41.4 Å². The van der Waals surface area contributed by atoms with Gasteiger partial charge in [0.15, 0.2) is 28.7 Å². The monoisotopic (exact) mass is 1020 g/mol. The molecule has 0 radical (unpaired) electrons. The van der Waals surface area contributed by atoms with Gasteiger partial charge in [-0.3, -0.25) is 0 Å². The lowest BCUT2D eigenvalue weighted by atomic mass is 9.90. The van der Waals surface area contributed by atoms with Crippen molar-refractivity contribution in [2.24, 2.45) is 0 Å². The predicted octanol–water partition coefficient (Wildman–Crippen LogP) is 7.42. The number of hydrogen-bond acceptors (Lipinski definition) is 15. The van der Waals surface area contributed by atoms with Gasteiger partial charge >= 0.3 is 78.1 Å². The molecule has 35 heteroatoms. The van der Waals surface area contributed by atoms with Gasteiger partial charge in [0.25, 0.3) is 0 Å². The molecule has 0 aliphatic carbocycles. The first kappa shape index (κ1) is 49.8. The summed E-state index contributed by atoms with van der Waals surface area (Å²) in [6, 6.07) is 0.922. The molecular formula is C27H13F15O15S5. The van der Waals surface area contributed by atoms with E-state index in [9.17, 15) is 108 Å². The number of rotatable bonds is 11. The number of alkyl halides is 15. The van der Waals surface area contributed by atoms with Crippen LogP contribution in [-0.4, -0.2) is 69.6 Å². The van der Waals surface area contributed by atoms with Crippen LogP contribution >= 0.6 is 0 Å². The highest BCUT2D eigenvalue weighted by molar-refractivity contribution is 7.89. The van der Waals surface area contributed by atoms with Gasteiger partial charge in [-0.15, -0.1) is 0 Å². The Morgan fingerprint density at radius 3 is 1.00 bits per heavy atom. The van der Waals surface area contributed by atoms with E-state index in [2.05, 4.69) is 20.9 Å². The standard InChI is InChI=1S/C27H13F15O15S5/c1-10-3-4-12-13(5-10)21(18(56-61(49,50)26(37,38)39)8-15(12)53-58(43,44)23(28,29)30)22-14-6-11(2)7-16(54-59(45,46)24(31,32)33)20(14)17(55-60(47,48)25(34,35)36)9-19(22)57-62(51,52)27(40,41)42/h3-9H,1-2H3. The van der Waals surface area contributed by atoms with Gasteiger partial charge in [-0.05, 0) is 30.9 Å². The van der Waals surface area contributed by atoms with Gasteiger partial charge in [-0.25, -0.2) is 0 Å². The zero-order valence-electron chi connectivity index (χ0n) is 28.9. The molecule has 0 saturated carbocycles. The van der Waals surface area contributed by atoms with Crippen LogP contribution in [0.3, 0.4) is 0 Å². The summed E-state index contributed by atoms with van der Waals surface area (Å²) in [4.78, 5) is 0. The van der Waals surface area contributed by atoms with Gasteiger partial charge < -0.3 is 20.9 Å². The van der Waals surface area contributed by atoms with Gasteiger partial charge in [-0.1, -0.05) is 29.8 Å². The third-order valence-corrected chi connectivity index (χ3v) is 12.0. The van der Waals surface area contributed by atoms with Gasteiger partial charge in [0, 0.05) is 34.0 Å². The Hall–Kier alpha value is -4.90. The molecular weight excluding hydrogens is 1010 g/mol. The number of fused-ring (bicyclic) bond motifs is 2. The van der Waals surface area contributed by atoms with Crippen molar-refractivity contribution in [1.82, 2.24) is 0 Å². The first-order valence-electron chi connectivity index (χ1n) is 14.7. The molecule has 15 nitrogen and oxygen atoms in total. The summed E-state index contributed by atoms with van der Waals surface area (Å²) in [5.74, 6) is -10.9. The lowest BCUT2D eigenvalue weighted by Gasteiger charge is -2.23. The van der Waals surface area contributed by atoms with Crippen LogP contribution in [0.1, 0.15) is 11.1 Å². The molecule has 0 heterocycles. The van der Waals surface area contributed by atoms with E-state index in [0.717, 1.165) is 13.0 Å². The van der Waals surface area contributed by atoms with Crippen LogP contribution in [0.25, 0.3) is 32.7 Å². The zero-order valence-corrected chi connectivity index (χ0v) is 33.0. The molecule has 4 aromatic rings. The van der Waals surface area contributed by atoms with Gasteiger partial charge in [0.2, 0.25) is 0 Å². The molecule has 62 heavy (non-hydrogen) atoms. The van der Waals surface area contributed by atoms with Crippen LogP contribution in [0, 0.1) is 13.8 Å². The quantitative estimate of drug-likeness (QED) is 0.0811. The van der Waals surface area contributed by atoms with Crippen LogP contribution in [0.2, 0.25) is 0 Å². The van der Waals surface area contributed by atoms with Crippen molar-refractivity contribution < 1.29 is 129 Å². The smallest absolute Gasteiger partial charge is 0.375 e. The first-order chi connectivity index (χ1) is 27.4. The average molecular weight is 1020 g/mol. The molecule has 0 aliphatic rings. The largest absolute Gasteiger partial charge is 0.534 e. The van der Waals surface area contributed by atoms with Crippen LogP contribution in [0.15, 0.2) is 42.5 Å². The van der Waals surface area contributed by atoms with Crippen LogP contribution < -0.4 is 20.9 Å². The molecule has 0 saturated heterocycles. The Morgan fingerprint density at radius 2 is 0.629 bits per heavy atom. The first-order valence-corrected chi connectivity index (χ1v) is 21.7. The van der Waals surface area contributed by atoms with Gasteiger partial charge in [-0.2, -0.15) is 108 Å². The summed E-state index contributed by atoms with van der Waals surface area (Å²) in [6.45, 7) is 1.63. The van der Waals surface area contributed by atoms with Crippen molar-refractivity contribution in [2.75, 3.05) is 0 Å². The molecule has 0 aromatic heterocycles. The van der Waals surface area contributed by atoms with E-state index in [1.165, 1.54) is 0 Å². The fourth-order valence-electron chi connectivity index (χ4n) is 4.76. The van der Waals surface area contributed by atoms with E-state index in [1.54, 1.807) is 0 Å². The Balaban J connectivity index is 2.51. The second-order valence-corrected chi connectivity index (χ2v) is 19.3. The van der Waals surface area contributed by atoms with E-state index in [0.29, 0.717) is 19.1 Å². The second kappa shape index (κ2) is 15.1. The third kappa shape index (κ3) is 9.53. The number of benzene rings is 4. The zero-order chi connectivity index (χ0) is 48.0. The lowest BCUT2D eigenvalue weighted by Crippen LogP contribution is -2.30. The Bertz CT molecular complexity index is 3060. The maximum absolute atomic E-state index is 13.8. The molecule has 0 bridgehead atoms. The van der Waals surface area contributed by atoms with E-state index in [-0.39, 0.29) is 17.7 Å². The van der Waals surface area contributed by atoms with Gasteiger partial charge in [0.1, 0.15) is 0 Å². The Morgan fingerprint density at radius 1 is 0.339 bits per heavy atom. The van der Waals surface area contributed by atoms with Gasteiger partial charge in [0.05, 0.1) is 5.39 Å². The van der Waals surface area contributed by atoms with Crippen molar-refractivity contribution in [3.8, 4) is 39.9 Å². The highest BCUT2D eigenvalue weighted by Crippen LogP contribution is 2.54. The number of halogens is 15. The predicted molar refractivity (Wildman–Crippen MR) is 174 cm³/mol.